The minimum absolute atomic E-state index is 0.0191. The van der Waals surface area contributed by atoms with Crippen molar-refractivity contribution in [2.24, 2.45) is 11.5 Å². The van der Waals surface area contributed by atoms with Gasteiger partial charge in [0.2, 0.25) is 23.6 Å². The van der Waals surface area contributed by atoms with Crippen LogP contribution in [0.1, 0.15) is 31.2 Å². The first kappa shape index (κ1) is 32.2. The van der Waals surface area contributed by atoms with E-state index in [1.807, 2.05) is 0 Å². The Morgan fingerprint density at radius 1 is 0.868 bits per heavy atom. The summed E-state index contributed by atoms with van der Waals surface area (Å²) in [7, 11) is 0. The molecule has 1 aromatic carbocycles. The van der Waals surface area contributed by atoms with Crippen LogP contribution in [0.4, 0.5) is 0 Å². The van der Waals surface area contributed by atoms with Crippen LogP contribution in [0.3, 0.4) is 0 Å². The summed E-state index contributed by atoms with van der Waals surface area (Å²) >= 11 is 1.36. The molecular formula is C23H33N5O9S. The van der Waals surface area contributed by atoms with Crippen molar-refractivity contribution in [1.82, 2.24) is 16.0 Å². The monoisotopic (exact) mass is 555 g/mol. The van der Waals surface area contributed by atoms with Gasteiger partial charge < -0.3 is 42.7 Å². The Labute approximate surface area is 222 Å². The lowest BCUT2D eigenvalue weighted by atomic mass is 10.0. The fourth-order valence-corrected chi connectivity index (χ4v) is 3.71. The smallest absolute Gasteiger partial charge is 0.326 e. The van der Waals surface area contributed by atoms with Gasteiger partial charge in [-0.3, -0.25) is 24.0 Å². The number of carbonyl (C=O) groups is 6. The molecule has 1 rings (SSSR count). The number of nitrogens with two attached hydrogens (primary N) is 2. The molecule has 4 amide bonds. The van der Waals surface area contributed by atoms with Gasteiger partial charge in [0.25, 0.3) is 0 Å². The Bertz CT molecular complexity index is 1010. The molecule has 0 aliphatic carbocycles. The molecule has 0 saturated heterocycles. The summed E-state index contributed by atoms with van der Waals surface area (Å²) in [6, 6.07) is 0.457. The van der Waals surface area contributed by atoms with Crippen molar-refractivity contribution in [3.63, 3.8) is 0 Å². The molecule has 0 aromatic heterocycles. The van der Waals surface area contributed by atoms with Crippen LogP contribution >= 0.6 is 11.8 Å². The highest BCUT2D eigenvalue weighted by atomic mass is 32.2. The fourth-order valence-electron chi connectivity index (χ4n) is 3.24. The lowest BCUT2D eigenvalue weighted by Gasteiger charge is -2.24. The second-order valence-electron chi connectivity index (χ2n) is 8.38. The van der Waals surface area contributed by atoms with Gasteiger partial charge in [0.15, 0.2) is 0 Å². The summed E-state index contributed by atoms with van der Waals surface area (Å²) in [5.74, 6) is -5.87. The minimum Gasteiger partial charge on any atom is -0.508 e. The number of carbonyl (C=O) groups excluding carboxylic acids is 4. The zero-order chi connectivity index (χ0) is 28.8. The molecule has 0 fully saturated rings. The number of thioether (sulfide) groups is 1. The van der Waals surface area contributed by atoms with Gasteiger partial charge in [-0.15, -0.1) is 0 Å². The van der Waals surface area contributed by atoms with Gasteiger partial charge in [0.05, 0.1) is 12.5 Å². The molecule has 0 spiro atoms. The van der Waals surface area contributed by atoms with Crippen LogP contribution in [-0.4, -0.2) is 87.1 Å². The predicted octanol–water partition coefficient (Wildman–Crippen LogP) is -1.71. The molecule has 1 aromatic rings. The molecule has 38 heavy (non-hydrogen) atoms. The highest BCUT2D eigenvalue weighted by Gasteiger charge is 2.31. The summed E-state index contributed by atoms with van der Waals surface area (Å²) in [6.45, 7) is 0. The Balaban J connectivity index is 2.99. The molecule has 14 nitrogen and oxygen atoms in total. The van der Waals surface area contributed by atoms with Crippen LogP contribution in [0.15, 0.2) is 24.3 Å². The second kappa shape index (κ2) is 16.1. The SMILES string of the molecule is CSCCC(NC(=O)C(CC(N)=O)NC(=O)C(CCC(=O)O)NC(=O)C(N)Cc1ccc(O)cc1)C(=O)O. The molecule has 10 N–H and O–H groups in total. The Morgan fingerprint density at radius 2 is 1.42 bits per heavy atom. The number of aliphatic carboxylic acids is 2. The van der Waals surface area contributed by atoms with Crippen molar-refractivity contribution in [2.45, 2.75) is 56.3 Å². The predicted molar refractivity (Wildman–Crippen MR) is 137 cm³/mol. The first-order chi connectivity index (χ1) is 17.8. The third kappa shape index (κ3) is 11.9. The second-order valence-corrected chi connectivity index (χ2v) is 9.37. The van der Waals surface area contributed by atoms with E-state index < -0.39 is 72.6 Å². The first-order valence-electron chi connectivity index (χ1n) is 11.5. The molecule has 15 heteroatoms. The third-order valence-electron chi connectivity index (χ3n) is 5.27. The molecule has 0 aliphatic heterocycles. The summed E-state index contributed by atoms with van der Waals surface area (Å²) in [5, 5.41) is 34.6. The summed E-state index contributed by atoms with van der Waals surface area (Å²) in [4.78, 5) is 72.4. The van der Waals surface area contributed by atoms with Crippen molar-refractivity contribution in [2.75, 3.05) is 12.0 Å². The van der Waals surface area contributed by atoms with Crippen molar-refractivity contribution < 1.29 is 44.1 Å². The van der Waals surface area contributed by atoms with Gasteiger partial charge in [0, 0.05) is 6.42 Å². The number of aromatic hydroxyl groups is 1. The molecule has 0 heterocycles. The van der Waals surface area contributed by atoms with Crippen molar-refractivity contribution in [3.05, 3.63) is 29.8 Å². The third-order valence-corrected chi connectivity index (χ3v) is 5.92. The number of hydrogen-bond donors (Lipinski definition) is 8. The number of carboxylic acid groups (broad SMARTS) is 2. The lowest BCUT2D eigenvalue weighted by Crippen LogP contribution is -2.58. The van der Waals surface area contributed by atoms with E-state index in [2.05, 4.69) is 16.0 Å². The Kier molecular flexibility index (Phi) is 13.6. The normalized spacial score (nSPS) is 13.8. The van der Waals surface area contributed by atoms with E-state index in [4.69, 9.17) is 16.6 Å². The van der Waals surface area contributed by atoms with E-state index in [-0.39, 0.29) is 25.0 Å². The highest BCUT2D eigenvalue weighted by Crippen LogP contribution is 2.11. The number of phenols is 1. The van der Waals surface area contributed by atoms with Crippen LogP contribution in [0.2, 0.25) is 0 Å². The van der Waals surface area contributed by atoms with Crippen LogP contribution in [0.5, 0.6) is 5.75 Å². The van der Waals surface area contributed by atoms with Crippen molar-refractivity contribution in [3.8, 4) is 5.75 Å². The Hall–Kier alpha value is -3.85. The average Bonchev–Trinajstić information content (AvgIpc) is 2.84. The van der Waals surface area contributed by atoms with Crippen LogP contribution in [0.25, 0.3) is 0 Å². The zero-order valence-electron chi connectivity index (χ0n) is 20.7. The molecule has 0 radical (unpaired) electrons. The molecule has 0 saturated carbocycles. The van der Waals surface area contributed by atoms with E-state index in [0.717, 1.165) is 0 Å². The maximum absolute atomic E-state index is 13.0. The van der Waals surface area contributed by atoms with Crippen LogP contribution in [0, 0.1) is 0 Å². The summed E-state index contributed by atoms with van der Waals surface area (Å²) < 4.78 is 0. The van der Waals surface area contributed by atoms with Gasteiger partial charge in [0.1, 0.15) is 23.9 Å². The summed E-state index contributed by atoms with van der Waals surface area (Å²) in [5.41, 5.74) is 11.7. The molecule has 4 unspecified atom stereocenters. The minimum atomic E-state index is -1.58. The fraction of sp³-hybridized carbons (Fsp3) is 0.478. The van der Waals surface area contributed by atoms with E-state index in [1.54, 1.807) is 18.4 Å². The van der Waals surface area contributed by atoms with Crippen LogP contribution in [-0.2, 0) is 35.2 Å². The number of carboxylic acids is 2. The largest absolute Gasteiger partial charge is 0.508 e. The number of nitrogens with one attached hydrogen (secondary N) is 3. The van der Waals surface area contributed by atoms with Gasteiger partial charge in [-0.05, 0) is 49.0 Å². The topological polar surface area (TPSA) is 251 Å². The maximum atomic E-state index is 13.0. The number of primary amides is 1. The molecule has 0 bridgehead atoms. The highest BCUT2D eigenvalue weighted by molar-refractivity contribution is 7.98. The number of hydrogen-bond acceptors (Lipinski definition) is 9. The van der Waals surface area contributed by atoms with Crippen molar-refractivity contribution in [1.29, 1.82) is 0 Å². The number of benzene rings is 1. The van der Waals surface area contributed by atoms with E-state index in [9.17, 15) is 39.0 Å². The zero-order valence-corrected chi connectivity index (χ0v) is 21.5. The molecule has 210 valence electrons. The number of amides is 4. The number of phenolic OH excluding ortho intramolecular Hbond substituents is 1. The van der Waals surface area contributed by atoms with Gasteiger partial charge in [-0.1, -0.05) is 12.1 Å². The van der Waals surface area contributed by atoms with E-state index in [0.29, 0.717) is 11.3 Å². The first-order valence-corrected chi connectivity index (χ1v) is 12.9. The van der Waals surface area contributed by atoms with E-state index >= 15 is 0 Å². The lowest BCUT2D eigenvalue weighted by molar-refractivity contribution is -0.142. The van der Waals surface area contributed by atoms with Gasteiger partial charge in [-0.2, -0.15) is 11.8 Å². The van der Waals surface area contributed by atoms with Crippen molar-refractivity contribution >= 4 is 47.3 Å². The van der Waals surface area contributed by atoms with E-state index in [1.165, 1.54) is 23.9 Å². The number of rotatable bonds is 17. The molecule has 0 aliphatic rings. The quantitative estimate of drug-likeness (QED) is 0.107. The average molecular weight is 556 g/mol. The van der Waals surface area contributed by atoms with Crippen LogP contribution < -0.4 is 27.4 Å². The van der Waals surface area contributed by atoms with Gasteiger partial charge >= 0.3 is 11.9 Å². The van der Waals surface area contributed by atoms with Gasteiger partial charge in [-0.25, -0.2) is 4.79 Å². The standard InChI is InChI=1S/C23H33N5O9S/c1-38-9-8-16(23(36)37)27-22(35)17(11-18(25)30)28-21(34)15(6-7-19(31)32)26-20(33)14(24)10-12-2-4-13(29)5-3-12/h2-5,14-17,29H,6-11,24H2,1H3,(H2,25,30)(H,26,33)(H,27,35)(H,28,34)(H,31,32)(H,36,37). The maximum Gasteiger partial charge on any atom is 0.326 e. The molecular weight excluding hydrogens is 522 g/mol. The Morgan fingerprint density at radius 3 is 1.95 bits per heavy atom. The molecule has 4 atom stereocenters. The summed E-state index contributed by atoms with van der Waals surface area (Å²) in [6.07, 6.45) is 0.309.